The van der Waals surface area contributed by atoms with Crippen molar-refractivity contribution in [1.82, 2.24) is 15.2 Å². The summed E-state index contributed by atoms with van der Waals surface area (Å²) < 4.78 is 11.1. The van der Waals surface area contributed by atoms with Gasteiger partial charge in [0.15, 0.2) is 17.3 Å². The number of hydrogen-bond donors (Lipinski definition) is 1. The maximum atomic E-state index is 5.78. The van der Waals surface area contributed by atoms with Crippen LogP contribution in [0.4, 0.5) is 11.5 Å². The smallest absolute Gasteiger partial charge is 0.219 e. The highest BCUT2D eigenvalue weighted by atomic mass is 16.5. The lowest BCUT2D eigenvalue weighted by Crippen LogP contribution is -1.97. The van der Waals surface area contributed by atoms with Gasteiger partial charge in [-0.05, 0) is 30.3 Å². The van der Waals surface area contributed by atoms with Crippen molar-refractivity contribution in [3.63, 3.8) is 0 Å². The van der Waals surface area contributed by atoms with E-state index >= 15 is 0 Å². The van der Waals surface area contributed by atoms with Gasteiger partial charge in [-0.15, -0.1) is 10.2 Å². The number of aromatic nitrogens is 3. The van der Waals surface area contributed by atoms with Crippen molar-refractivity contribution in [3.05, 3.63) is 85.1 Å². The second kappa shape index (κ2) is 8.18. The molecule has 0 spiro atoms. The van der Waals surface area contributed by atoms with Gasteiger partial charge >= 0.3 is 0 Å². The predicted octanol–water partition coefficient (Wildman–Crippen LogP) is 5.08. The van der Waals surface area contributed by atoms with Crippen LogP contribution in [0.5, 0.6) is 17.4 Å². The van der Waals surface area contributed by atoms with Crippen LogP contribution in [-0.2, 0) is 0 Å². The zero-order valence-corrected chi connectivity index (χ0v) is 15.2. The molecule has 138 valence electrons. The van der Waals surface area contributed by atoms with Crippen molar-refractivity contribution >= 4 is 11.5 Å². The van der Waals surface area contributed by atoms with Crippen LogP contribution in [0.2, 0.25) is 0 Å². The highest BCUT2D eigenvalue weighted by Crippen LogP contribution is 2.30. The normalized spacial score (nSPS) is 10.3. The Hall–Kier alpha value is -3.93. The van der Waals surface area contributed by atoms with Gasteiger partial charge in [0.1, 0.15) is 0 Å². The maximum absolute atomic E-state index is 5.78. The molecule has 2 heterocycles. The van der Waals surface area contributed by atoms with Gasteiger partial charge < -0.3 is 14.8 Å². The molecule has 0 radical (unpaired) electrons. The molecule has 2 aromatic heterocycles. The molecule has 0 amide bonds. The standard InChI is InChI=1S/C22H18N4O2/c1-27-19-9-5-6-10-20(19)28-22-14-11-17(15-23-22)24-21-13-12-18(25-26-21)16-7-3-2-4-8-16/h2-15H,1H3,(H,24,26). The second-order valence-electron chi connectivity index (χ2n) is 5.93. The monoisotopic (exact) mass is 370 g/mol. The van der Waals surface area contributed by atoms with E-state index in [4.69, 9.17) is 9.47 Å². The molecule has 2 aromatic carbocycles. The average molecular weight is 370 g/mol. The molecule has 28 heavy (non-hydrogen) atoms. The molecule has 0 bridgehead atoms. The quantitative estimate of drug-likeness (QED) is 0.510. The number of methoxy groups -OCH3 is 1. The van der Waals surface area contributed by atoms with Gasteiger partial charge in [-0.3, -0.25) is 0 Å². The van der Waals surface area contributed by atoms with Crippen LogP contribution in [-0.4, -0.2) is 22.3 Å². The highest BCUT2D eigenvalue weighted by molar-refractivity contribution is 5.61. The van der Waals surface area contributed by atoms with Crippen molar-refractivity contribution in [3.8, 4) is 28.6 Å². The molecule has 4 aromatic rings. The first kappa shape index (κ1) is 17.5. The van der Waals surface area contributed by atoms with Gasteiger partial charge in [-0.2, -0.15) is 0 Å². The number of ether oxygens (including phenoxy) is 2. The average Bonchev–Trinajstić information content (AvgIpc) is 2.77. The van der Waals surface area contributed by atoms with E-state index < -0.39 is 0 Å². The van der Waals surface area contributed by atoms with Crippen molar-refractivity contribution in [2.75, 3.05) is 12.4 Å². The third kappa shape index (κ3) is 4.07. The van der Waals surface area contributed by atoms with Gasteiger partial charge in [0.05, 0.1) is 24.7 Å². The van der Waals surface area contributed by atoms with E-state index in [1.54, 1.807) is 19.4 Å². The summed E-state index contributed by atoms with van der Waals surface area (Å²) in [7, 11) is 1.60. The lowest BCUT2D eigenvalue weighted by Gasteiger charge is -2.10. The summed E-state index contributed by atoms with van der Waals surface area (Å²) >= 11 is 0. The number of rotatable bonds is 6. The number of anilines is 2. The van der Waals surface area contributed by atoms with Crippen LogP contribution in [0, 0.1) is 0 Å². The summed E-state index contributed by atoms with van der Waals surface area (Å²) in [5, 5.41) is 11.7. The molecular weight excluding hydrogens is 352 g/mol. The van der Waals surface area contributed by atoms with Gasteiger partial charge in [0.25, 0.3) is 0 Å². The zero-order chi connectivity index (χ0) is 19.2. The van der Waals surface area contributed by atoms with Gasteiger partial charge in [-0.25, -0.2) is 4.98 Å². The van der Waals surface area contributed by atoms with E-state index in [1.807, 2.05) is 72.8 Å². The molecule has 6 nitrogen and oxygen atoms in total. The first-order valence-electron chi connectivity index (χ1n) is 8.75. The summed E-state index contributed by atoms with van der Waals surface area (Å²) in [5.74, 6) is 2.38. The highest BCUT2D eigenvalue weighted by Gasteiger charge is 2.06. The summed E-state index contributed by atoms with van der Waals surface area (Å²) in [5.41, 5.74) is 2.64. The third-order valence-corrected chi connectivity index (χ3v) is 4.03. The Morgan fingerprint density at radius 2 is 1.54 bits per heavy atom. The molecular formula is C22H18N4O2. The van der Waals surface area contributed by atoms with Crippen molar-refractivity contribution in [2.24, 2.45) is 0 Å². The Bertz CT molecular complexity index is 1040. The molecule has 0 aliphatic carbocycles. The first-order chi connectivity index (χ1) is 13.8. The molecule has 0 aliphatic rings. The lowest BCUT2D eigenvalue weighted by atomic mass is 10.1. The fourth-order valence-corrected chi connectivity index (χ4v) is 2.64. The molecule has 0 saturated carbocycles. The fraction of sp³-hybridized carbons (Fsp3) is 0.0455. The number of para-hydroxylation sites is 2. The minimum absolute atomic E-state index is 0.473. The number of nitrogens with one attached hydrogen (secondary N) is 1. The molecule has 1 N–H and O–H groups in total. The number of pyridine rings is 1. The van der Waals surface area contributed by atoms with Crippen LogP contribution >= 0.6 is 0 Å². The molecule has 6 heteroatoms. The summed E-state index contributed by atoms with van der Waals surface area (Å²) in [6.07, 6.45) is 1.68. The Morgan fingerprint density at radius 3 is 2.21 bits per heavy atom. The van der Waals surface area contributed by atoms with Crippen LogP contribution in [0.3, 0.4) is 0 Å². The zero-order valence-electron chi connectivity index (χ0n) is 15.2. The van der Waals surface area contributed by atoms with Gasteiger partial charge in [0.2, 0.25) is 5.88 Å². The summed E-state index contributed by atoms with van der Waals surface area (Å²) in [6, 6.07) is 24.8. The van der Waals surface area contributed by atoms with Crippen LogP contribution in [0.1, 0.15) is 0 Å². The van der Waals surface area contributed by atoms with Crippen LogP contribution in [0.25, 0.3) is 11.3 Å². The number of benzene rings is 2. The van der Waals surface area contributed by atoms with E-state index in [9.17, 15) is 0 Å². The van der Waals surface area contributed by atoms with E-state index in [0.717, 1.165) is 16.9 Å². The van der Waals surface area contributed by atoms with Crippen LogP contribution in [0.15, 0.2) is 85.1 Å². The third-order valence-electron chi connectivity index (χ3n) is 4.03. The fourth-order valence-electron chi connectivity index (χ4n) is 2.64. The number of hydrogen-bond acceptors (Lipinski definition) is 6. The molecule has 0 saturated heterocycles. The predicted molar refractivity (Wildman–Crippen MR) is 108 cm³/mol. The first-order valence-corrected chi connectivity index (χ1v) is 8.75. The summed E-state index contributed by atoms with van der Waals surface area (Å²) in [4.78, 5) is 4.32. The van der Waals surface area contributed by atoms with Crippen molar-refractivity contribution in [1.29, 1.82) is 0 Å². The Morgan fingerprint density at radius 1 is 0.750 bits per heavy atom. The SMILES string of the molecule is COc1ccccc1Oc1ccc(Nc2ccc(-c3ccccc3)nn2)cn1. The van der Waals surface area contributed by atoms with Crippen LogP contribution < -0.4 is 14.8 Å². The second-order valence-corrected chi connectivity index (χ2v) is 5.93. The molecule has 4 rings (SSSR count). The van der Waals surface area contributed by atoms with E-state index in [-0.39, 0.29) is 0 Å². The van der Waals surface area contributed by atoms with E-state index in [0.29, 0.717) is 23.2 Å². The Kier molecular flexibility index (Phi) is 5.11. The number of nitrogens with zero attached hydrogens (tertiary/aromatic N) is 3. The molecule has 0 atom stereocenters. The topological polar surface area (TPSA) is 69.2 Å². The largest absolute Gasteiger partial charge is 0.493 e. The Balaban J connectivity index is 1.43. The summed E-state index contributed by atoms with van der Waals surface area (Å²) in [6.45, 7) is 0. The lowest BCUT2D eigenvalue weighted by molar-refractivity contribution is 0.374. The van der Waals surface area contributed by atoms with E-state index in [1.165, 1.54) is 0 Å². The minimum atomic E-state index is 0.473. The minimum Gasteiger partial charge on any atom is -0.493 e. The molecule has 0 fully saturated rings. The maximum Gasteiger partial charge on any atom is 0.219 e. The van der Waals surface area contributed by atoms with Crippen molar-refractivity contribution in [2.45, 2.75) is 0 Å². The Labute approximate surface area is 162 Å². The molecule has 0 unspecified atom stereocenters. The van der Waals surface area contributed by atoms with Gasteiger partial charge in [-0.1, -0.05) is 42.5 Å². The van der Waals surface area contributed by atoms with E-state index in [2.05, 4.69) is 20.5 Å². The molecule has 0 aliphatic heterocycles. The van der Waals surface area contributed by atoms with Gasteiger partial charge in [0, 0.05) is 11.6 Å². The van der Waals surface area contributed by atoms with Crippen molar-refractivity contribution < 1.29 is 9.47 Å².